The molecule has 96 valence electrons. The van der Waals surface area contributed by atoms with Crippen molar-refractivity contribution >= 4 is 0 Å². The van der Waals surface area contributed by atoms with Crippen LogP contribution in [0.25, 0.3) is 0 Å². The van der Waals surface area contributed by atoms with E-state index in [2.05, 4.69) is 51.8 Å². The van der Waals surface area contributed by atoms with Gasteiger partial charge < -0.3 is 5.32 Å². The summed E-state index contributed by atoms with van der Waals surface area (Å²) in [6.07, 6.45) is 2.48. The zero-order chi connectivity index (χ0) is 12.3. The topological polar surface area (TPSA) is 15.3 Å². The van der Waals surface area contributed by atoms with Crippen LogP contribution in [0, 0.1) is 5.92 Å². The summed E-state index contributed by atoms with van der Waals surface area (Å²) in [5.41, 5.74) is 0.348. The minimum atomic E-state index is 0.348. The molecule has 0 saturated carbocycles. The molecule has 1 aliphatic rings. The number of hydrogen-bond acceptors (Lipinski definition) is 2. The van der Waals surface area contributed by atoms with Gasteiger partial charge in [-0.3, -0.25) is 4.90 Å². The highest BCUT2D eigenvalue weighted by Crippen LogP contribution is 2.27. The maximum Gasteiger partial charge on any atom is 0.0306 e. The molecule has 0 spiro atoms. The maximum absolute atomic E-state index is 3.73. The smallest absolute Gasteiger partial charge is 0.0306 e. The van der Waals surface area contributed by atoms with Gasteiger partial charge in [0.25, 0.3) is 0 Å². The second kappa shape index (κ2) is 5.50. The Bertz CT molecular complexity index is 215. The number of nitrogens with one attached hydrogen (secondary N) is 1. The van der Waals surface area contributed by atoms with Crippen molar-refractivity contribution in [1.29, 1.82) is 0 Å². The predicted octanol–water partition coefficient (Wildman–Crippen LogP) is 2.88. The van der Waals surface area contributed by atoms with Gasteiger partial charge in [-0.25, -0.2) is 0 Å². The van der Waals surface area contributed by atoms with Gasteiger partial charge in [-0.2, -0.15) is 0 Å². The Kier molecular flexibility index (Phi) is 4.81. The molecule has 2 heteroatoms. The average Bonchev–Trinajstić information content (AvgIpc) is 2.28. The molecule has 0 bridgehead atoms. The molecule has 3 atom stereocenters. The first-order chi connectivity index (χ1) is 7.44. The zero-order valence-corrected chi connectivity index (χ0v) is 12.0. The van der Waals surface area contributed by atoms with Gasteiger partial charge in [-0.1, -0.05) is 27.7 Å². The molecule has 1 saturated heterocycles. The van der Waals surface area contributed by atoms with Crippen molar-refractivity contribution in [1.82, 2.24) is 10.2 Å². The van der Waals surface area contributed by atoms with Crippen LogP contribution in [0.1, 0.15) is 54.4 Å². The van der Waals surface area contributed by atoms with E-state index in [1.54, 1.807) is 0 Å². The first-order valence-corrected chi connectivity index (χ1v) is 6.94. The summed E-state index contributed by atoms with van der Waals surface area (Å²) < 4.78 is 0. The lowest BCUT2D eigenvalue weighted by atomic mass is 9.87. The van der Waals surface area contributed by atoms with Crippen LogP contribution in [-0.2, 0) is 0 Å². The molecular weight excluding hydrogens is 196 g/mol. The fourth-order valence-corrected chi connectivity index (χ4v) is 2.66. The minimum Gasteiger partial charge on any atom is -0.311 e. The Balaban J connectivity index is 2.77. The molecule has 3 unspecified atom stereocenters. The van der Waals surface area contributed by atoms with E-state index in [-0.39, 0.29) is 0 Å². The van der Waals surface area contributed by atoms with Crippen molar-refractivity contribution in [2.75, 3.05) is 13.1 Å². The van der Waals surface area contributed by atoms with Gasteiger partial charge in [-0.05, 0) is 32.6 Å². The summed E-state index contributed by atoms with van der Waals surface area (Å²) in [5, 5.41) is 3.73. The number of piperazine rings is 1. The molecule has 0 aromatic rings. The lowest BCUT2D eigenvalue weighted by Gasteiger charge is -2.51. The Morgan fingerprint density at radius 2 is 1.94 bits per heavy atom. The molecule has 16 heavy (non-hydrogen) atoms. The summed E-state index contributed by atoms with van der Waals surface area (Å²) in [6, 6.07) is 1.36. The van der Waals surface area contributed by atoms with Gasteiger partial charge in [0.05, 0.1) is 0 Å². The fourth-order valence-electron chi connectivity index (χ4n) is 2.66. The van der Waals surface area contributed by atoms with Crippen molar-refractivity contribution in [2.45, 2.75) is 72.0 Å². The van der Waals surface area contributed by atoms with Crippen LogP contribution >= 0.6 is 0 Å². The van der Waals surface area contributed by atoms with Crippen LogP contribution < -0.4 is 5.32 Å². The molecular formula is C14H30N2. The molecule has 1 N–H and O–H groups in total. The SMILES string of the molecule is CCC(C)N1CC(C(C)C)NCC1(C)CC. The highest BCUT2D eigenvalue weighted by molar-refractivity contribution is 4.97. The van der Waals surface area contributed by atoms with Gasteiger partial charge in [0, 0.05) is 30.7 Å². The molecule has 0 aliphatic carbocycles. The van der Waals surface area contributed by atoms with Crippen LogP contribution in [0.2, 0.25) is 0 Å². The van der Waals surface area contributed by atoms with Gasteiger partial charge in [0.1, 0.15) is 0 Å². The van der Waals surface area contributed by atoms with Gasteiger partial charge in [0.2, 0.25) is 0 Å². The van der Waals surface area contributed by atoms with Crippen molar-refractivity contribution in [3.05, 3.63) is 0 Å². The Morgan fingerprint density at radius 1 is 1.31 bits per heavy atom. The molecule has 1 rings (SSSR count). The summed E-state index contributed by atoms with van der Waals surface area (Å²) in [5.74, 6) is 0.730. The Hall–Kier alpha value is -0.0800. The highest BCUT2D eigenvalue weighted by atomic mass is 15.3. The predicted molar refractivity (Wildman–Crippen MR) is 71.8 cm³/mol. The summed E-state index contributed by atoms with van der Waals surface area (Å²) >= 11 is 0. The molecule has 0 amide bonds. The first kappa shape index (κ1) is 14.0. The van der Waals surface area contributed by atoms with E-state index >= 15 is 0 Å². The van der Waals surface area contributed by atoms with E-state index in [4.69, 9.17) is 0 Å². The third kappa shape index (κ3) is 2.78. The second-order valence-electron chi connectivity index (χ2n) is 5.99. The quantitative estimate of drug-likeness (QED) is 0.793. The van der Waals surface area contributed by atoms with Gasteiger partial charge >= 0.3 is 0 Å². The molecule has 0 aromatic carbocycles. The van der Waals surface area contributed by atoms with E-state index in [1.165, 1.54) is 19.4 Å². The van der Waals surface area contributed by atoms with Gasteiger partial charge in [0.15, 0.2) is 0 Å². The van der Waals surface area contributed by atoms with Crippen LogP contribution in [0.3, 0.4) is 0 Å². The average molecular weight is 226 g/mol. The van der Waals surface area contributed by atoms with Crippen molar-refractivity contribution < 1.29 is 0 Å². The van der Waals surface area contributed by atoms with Crippen molar-refractivity contribution in [3.63, 3.8) is 0 Å². The monoisotopic (exact) mass is 226 g/mol. The van der Waals surface area contributed by atoms with E-state index in [1.807, 2.05) is 0 Å². The van der Waals surface area contributed by atoms with Crippen LogP contribution in [0.4, 0.5) is 0 Å². The van der Waals surface area contributed by atoms with E-state index in [9.17, 15) is 0 Å². The van der Waals surface area contributed by atoms with Gasteiger partial charge in [-0.15, -0.1) is 0 Å². The third-order valence-electron chi connectivity index (χ3n) is 4.52. The molecule has 1 fully saturated rings. The van der Waals surface area contributed by atoms with E-state index < -0.39 is 0 Å². The number of hydrogen-bond donors (Lipinski definition) is 1. The third-order valence-corrected chi connectivity index (χ3v) is 4.52. The molecule has 1 aliphatic heterocycles. The highest BCUT2D eigenvalue weighted by Gasteiger charge is 2.38. The summed E-state index contributed by atoms with van der Waals surface area (Å²) in [7, 11) is 0. The maximum atomic E-state index is 3.73. The molecule has 2 nitrogen and oxygen atoms in total. The second-order valence-corrected chi connectivity index (χ2v) is 5.99. The Labute approximate surface area is 102 Å². The minimum absolute atomic E-state index is 0.348. The van der Waals surface area contributed by atoms with Crippen LogP contribution in [0.15, 0.2) is 0 Å². The number of rotatable bonds is 4. The zero-order valence-electron chi connectivity index (χ0n) is 12.0. The number of nitrogens with zero attached hydrogens (tertiary/aromatic N) is 1. The molecule has 1 heterocycles. The molecule has 0 radical (unpaired) electrons. The lowest BCUT2D eigenvalue weighted by molar-refractivity contribution is 0.00655. The lowest BCUT2D eigenvalue weighted by Crippen LogP contribution is -2.66. The normalized spacial score (nSPS) is 34.3. The largest absolute Gasteiger partial charge is 0.311 e. The molecule has 0 aromatic heterocycles. The Morgan fingerprint density at radius 3 is 2.38 bits per heavy atom. The first-order valence-electron chi connectivity index (χ1n) is 6.94. The summed E-state index contributed by atoms with van der Waals surface area (Å²) in [4.78, 5) is 2.73. The van der Waals surface area contributed by atoms with E-state index in [0.717, 1.165) is 12.5 Å². The van der Waals surface area contributed by atoms with Crippen LogP contribution in [-0.4, -0.2) is 35.6 Å². The van der Waals surface area contributed by atoms with Crippen molar-refractivity contribution in [3.8, 4) is 0 Å². The van der Waals surface area contributed by atoms with E-state index in [0.29, 0.717) is 17.6 Å². The van der Waals surface area contributed by atoms with Crippen molar-refractivity contribution in [2.24, 2.45) is 5.92 Å². The standard InChI is InChI=1S/C14H30N2/c1-7-12(5)16-9-13(11(3)4)15-10-14(16,6)8-2/h11-13,15H,7-10H2,1-6H3. The van der Waals surface area contributed by atoms with Crippen LogP contribution in [0.5, 0.6) is 0 Å². The fraction of sp³-hybridized carbons (Fsp3) is 1.00. The summed E-state index contributed by atoms with van der Waals surface area (Å²) in [6.45, 7) is 16.4.